The smallest absolute Gasteiger partial charge is 0.252 e. The second kappa shape index (κ2) is 11.4. The number of hydrogen-bond donors (Lipinski definition) is 1. The van der Waals surface area contributed by atoms with E-state index in [9.17, 15) is 24.0 Å². The molecular weight excluding hydrogens is 465 g/mol. The van der Waals surface area contributed by atoms with Crippen molar-refractivity contribution in [2.45, 2.75) is 25.8 Å². The first-order chi connectivity index (χ1) is 17.2. The zero-order chi connectivity index (χ0) is 26.4. The van der Waals surface area contributed by atoms with Gasteiger partial charge in [-0.3, -0.25) is 14.4 Å². The van der Waals surface area contributed by atoms with Crippen molar-refractivity contribution in [3.63, 3.8) is 0 Å². The lowest BCUT2D eigenvalue weighted by molar-refractivity contribution is -0.122. The van der Waals surface area contributed by atoms with Crippen LogP contribution in [0, 0.1) is 24.1 Å². The third kappa shape index (κ3) is 5.67. The Morgan fingerprint density at radius 3 is 2.50 bits per heavy atom. The van der Waals surface area contributed by atoms with E-state index in [1.165, 1.54) is 43.2 Å². The van der Waals surface area contributed by atoms with Gasteiger partial charge in [0.25, 0.3) is 11.5 Å². The maximum atomic E-state index is 14.2. The Bertz CT molecular complexity index is 1410. The number of aromatic nitrogens is 1. The van der Waals surface area contributed by atoms with Crippen LogP contribution in [0.25, 0.3) is 11.1 Å². The van der Waals surface area contributed by atoms with Gasteiger partial charge < -0.3 is 19.8 Å². The van der Waals surface area contributed by atoms with E-state index in [-0.39, 0.29) is 30.8 Å². The third-order valence-electron chi connectivity index (χ3n) is 5.83. The molecule has 3 aromatic rings. The minimum absolute atomic E-state index is 0.183. The molecule has 0 aliphatic carbocycles. The number of nitrogens with two attached hydrogens (primary N) is 1. The molecule has 0 saturated heterocycles. The van der Waals surface area contributed by atoms with Crippen LogP contribution in [-0.2, 0) is 16.0 Å². The van der Waals surface area contributed by atoms with Crippen LogP contribution in [-0.4, -0.2) is 37.1 Å². The van der Waals surface area contributed by atoms with E-state index in [4.69, 9.17) is 15.2 Å². The van der Waals surface area contributed by atoms with Gasteiger partial charge in [0, 0.05) is 37.3 Å². The maximum Gasteiger partial charge on any atom is 0.252 e. The summed E-state index contributed by atoms with van der Waals surface area (Å²) in [5.74, 6) is -1.78. The topological polar surface area (TPSA) is 124 Å². The van der Waals surface area contributed by atoms with Crippen molar-refractivity contribution < 1.29 is 23.5 Å². The fourth-order valence-corrected chi connectivity index (χ4v) is 4.00. The molecule has 0 saturated carbocycles. The zero-order valence-electron chi connectivity index (χ0n) is 20.2. The summed E-state index contributed by atoms with van der Waals surface area (Å²) in [6.45, 7) is 2.06. The lowest BCUT2D eigenvalue weighted by Crippen LogP contribution is -2.31. The highest BCUT2D eigenvalue weighted by Crippen LogP contribution is 2.32. The van der Waals surface area contributed by atoms with E-state index in [1.807, 2.05) is 6.92 Å². The highest BCUT2D eigenvalue weighted by Gasteiger charge is 2.24. The van der Waals surface area contributed by atoms with Gasteiger partial charge in [-0.1, -0.05) is 17.7 Å². The average Bonchev–Trinajstić information content (AvgIpc) is 2.84. The van der Waals surface area contributed by atoms with Crippen molar-refractivity contribution >= 4 is 11.7 Å². The highest BCUT2D eigenvalue weighted by molar-refractivity contribution is 5.93. The summed E-state index contributed by atoms with van der Waals surface area (Å²) >= 11 is 0. The van der Waals surface area contributed by atoms with Crippen LogP contribution >= 0.6 is 0 Å². The summed E-state index contributed by atoms with van der Waals surface area (Å²) < 4.78 is 26.1. The van der Waals surface area contributed by atoms with E-state index >= 15 is 0 Å². The van der Waals surface area contributed by atoms with Crippen LogP contribution in [0.3, 0.4) is 0 Å². The lowest BCUT2D eigenvalue weighted by Gasteiger charge is -2.21. The molecule has 1 atom stereocenters. The number of methoxy groups -OCH3 is 2. The van der Waals surface area contributed by atoms with Crippen molar-refractivity contribution in [1.82, 2.24) is 4.57 Å². The van der Waals surface area contributed by atoms with Crippen LogP contribution in [0.2, 0.25) is 0 Å². The minimum Gasteiger partial charge on any atom is -0.495 e. The Morgan fingerprint density at radius 2 is 1.89 bits per heavy atom. The van der Waals surface area contributed by atoms with Crippen molar-refractivity contribution in [1.29, 1.82) is 5.26 Å². The van der Waals surface area contributed by atoms with Gasteiger partial charge in [0.2, 0.25) is 0 Å². The first-order valence-electron chi connectivity index (χ1n) is 11.1. The monoisotopic (exact) mass is 491 g/mol. The molecular formula is C27H26FN3O5. The van der Waals surface area contributed by atoms with Gasteiger partial charge in [-0.15, -0.1) is 0 Å². The number of Topliss-reactive ketones (excluding diaryl/α,β-unsaturated/α-hetero) is 1. The number of ketones is 1. The number of nitrogens with zero attached hydrogens (tertiary/aromatic N) is 2. The number of hydrogen-bond acceptors (Lipinski definition) is 6. The van der Waals surface area contributed by atoms with Gasteiger partial charge in [-0.2, -0.15) is 5.26 Å². The van der Waals surface area contributed by atoms with E-state index in [1.54, 1.807) is 18.2 Å². The first-order valence-corrected chi connectivity index (χ1v) is 11.1. The van der Waals surface area contributed by atoms with Crippen LogP contribution in [0.4, 0.5) is 4.39 Å². The summed E-state index contributed by atoms with van der Waals surface area (Å²) in [5.41, 5.74) is 6.99. The van der Waals surface area contributed by atoms with Gasteiger partial charge in [0.1, 0.15) is 11.6 Å². The van der Waals surface area contributed by atoms with E-state index < -0.39 is 23.3 Å². The van der Waals surface area contributed by atoms with E-state index in [0.717, 1.165) is 11.6 Å². The molecule has 0 radical (unpaired) electrons. The molecule has 0 aliphatic rings. The number of pyridine rings is 1. The summed E-state index contributed by atoms with van der Waals surface area (Å²) in [5, 5.41) is 9.54. The molecule has 0 bridgehead atoms. The number of carbonyl (C=O) groups excluding carboxylic acids is 2. The van der Waals surface area contributed by atoms with Crippen LogP contribution in [0.1, 0.15) is 39.5 Å². The molecule has 1 amide bonds. The molecule has 36 heavy (non-hydrogen) atoms. The standard InChI is InChI=1S/C27H26FN3O5/c1-16-4-6-18(14-29)20(10-16)21-13-26(33)31(15-25(21)36-3)23(8-9-35-2)24(32)12-17-5-7-19(27(30)34)22(28)11-17/h4-7,10-11,13,15,23H,8-9,12H2,1-3H3,(H2,30,34). The molecule has 1 heterocycles. The number of halogens is 1. The molecule has 0 fully saturated rings. The Balaban J connectivity index is 2.04. The molecule has 2 N–H and O–H groups in total. The Hall–Kier alpha value is -4.29. The van der Waals surface area contributed by atoms with Gasteiger partial charge in [-0.25, -0.2) is 4.39 Å². The Labute approximate surface area is 207 Å². The Kier molecular flexibility index (Phi) is 8.35. The van der Waals surface area contributed by atoms with Crippen molar-refractivity contribution in [3.05, 3.63) is 87.1 Å². The molecule has 3 rings (SSSR count). The first kappa shape index (κ1) is 26.3. The maximum absolute atomic E-state index is 14.2. The molecule has 9 heteroatoms. The fraction of sp³-hybridized carbons (Fsp3) is 0.259. The van der Waals surface area contributed by atoms with Gasteiger partial charge in [-0.05, 0) is 43.2 Å². The normalized spacial score (nSPS) is 11.5. The predicted octanol–water partition coefficient (Wildman–Crippen LogP) is 3.33. The SMILES string of the molecule is COCCC(C(=O)Cc1ccc(C(N)=O)c(F)c1)n1cc(OC)c(-c2cc(C)ccc2C#N)cc1=O. The molecule has 8 nitrogen and oxygen atoms in total. The Morgan fingerprint density at radius 1 is 1.14 bits per heavy atom. The average molecular weight is 492 g/mol. The predicted molar refractivity (Wildman–Crippen MR) is 131 cm³/mol. The van der Waals surface area contributed by atoms with Crippen molar-refractivity contribution in [3.8, 4) is 22.9 Å². The largest absolute Gasteiger partial charge is 0.495 e. The van der Waals surface area contributed by atoms with Crippen LogP contribution < -0.4 is 16.0 Å². The molecule has 2 aromatic carbocycles. The number of ether oxygens (including phenoxy) is 2. The summed E-state index contributed by atoms with van der Waals surface area (Å²) in [7, 11) is 2.91. The number of aryl methyl sites for hydroxylation is 1. The van der Waals surface area contributed by atoms with Crippen LogP contribution in [0.5, 0.6) is 5.75 Å². The second-order valence-corrected chi connectivity index (χ2v) is 8.28. The molecule has 0 spiro atoms. The third-order valence-corrected chi connectivity index (χ3v) is 5.83. The van der Waals surface area contributed by atoms with Crippen molar-refractivity contribution in [2.75, 3.05) is 20.8 Å². The van der Waals surface area contributed by atoms with Crippen LogP contribution in [0.15, 0.2) is 53.5 Å². The minimum atomic E-state index is -0.924. The quantitative estimate of drug-likeness (QED) is 0.464. The number of rotatable bonds is 10. The highest BCUT2D eigenvalue weighted by atomic mass is 19.1. The molecule has 186 valence electrons. The van der Waals surface area contributed by atoms with Crippen molar-refractivity contribution in [2.24, 2.45) is 5.73 Å². The zero-order valence-corrected chi connectivity index (χ0v) is 20.2. The number of nitriles is 1. The molecule has 1 unspecified atom stereocenters. The number of carbonyl (C=O) groups is 2. The summed E-state index contributed by atoms with van der Waals surface area (Å²) in [6.07, 6.45) is 1.45. The number of benzene rings is 2. The number of primary amides is 1. The number of amides is 1. The van der Waals surface area contributed by atoms with Gasteiger partial charge in [0.15, 0.2) is 5.78 Å². The fourth-order valence-electron chi connectivity index (χ4n) is 4.00. The summed E-state index contributed by atoms with van der Waals surface area (Å²) in [6, 6.07) is 11.5. The second-order valence-electron chi connectivity index (χ2n) is 8.28. The van der Waals surface area contributed by atoms with Gasteiger partial charge >= 0.3 is 0 Å². The van der Waals surface area contributed by atoms with Gasteiger partial charge in [0.05, 0.1) is 36.5 Å². The summed E-state index contributed by atoms with van der Waals surface area (Å²) in [4.78, 5) is 37.8. The van der Waals surface area contributed by atoms with E-state index in [0.29, 0.717) is 28.0 Å². The van der Waals surface area contributed by atoms with E-state index in [2.05, 4.69) is 6.07 Å². The lowest BCUT2D eigenvalue weighted by atomic mass is 9.97. The molecule has 1 aromatic heterocycles. The molecule has 0 aliphatic heterocycles.